The molecule has 0 aromatic heterocycles. The number of allylic oxidation sites excluding steroid dienone is 5. The summed E-state index contributed by atoms with van der Waals surface area (Å²) in [4.78, 5) is 0. The third-order valence-corrected chi connectivity index (χ3v) is 5.05. The molecule has 0 spiro atoms. The van der Waals surface area contributed by atoms with E-state index < -0.39 is 8.32 Å². The van der Waals surface area contributed by atoms with Crippen molar-refractivity contribution in [2.45, 2.75) is 39.4 Å². The van der Waals surface area contributed by atoms with Crippen LogP contribution in [0.4, 0.5) is 0 Å². The molecule has 2 aliphatic carbocycles. The van der Waals surface area contributed by atoms with Crippen LogP contribution in [0.1, 0.15) is 24.5 Å². The van der Waals surface area contributed by atoms with Crippen molar-refractivity contribution in [3.05, 3.63) is 64.4 Å². The third-order valence-electron chi connectivity index (χ3n) is 4.07. The number of rotatable bonds is 5. The Morgan fingerprint density at radius 1 is 1.14 bits per heavy atom. The molecule has 3 rings (SSSR count). The van der Waals surface area contributed by atoms with E-state index >= 15 is 0 Å². The van der Waals surface area contributed by atoms with Gasteiger partial charge in [-0.1, -0.05) is 35.9 Å². The first kappa shape index (κ1) is 15.3. The molecule has 3 heteroatoms. The van der Waals surface area contributed by atoms with Crippen molar-refractivity contribution >= 4 is 13.9 Å². The van der Waals surface area contributed by atoms with Gasteiger partial charge >= 0.3 is 0 Å². The maximum Gasteiger partial charge on any atom is 0.188 e. The number of fused-ring (bicyclic) bond motifs is 1. The highest BCUT2D eigenvalue weighted by atomic mass is 28.4. The molecule has 0 saturated heterocycles. The first-order valence-corrected chi connectivity index (χ1v) is 11.3. The van der Waals surface area contributed by atoms with Gasteiger partial charge in [-0.15, -0.1) is 0 Å². The Balaban J connectivity index is 1.84. The summed E-state index contributed by atoms with van der Waals surface area (Å²) in [5, 5.41) is 0. The van der Waals surface area contributed by atoms with E-state index in [0.29, 0.717) is 6.79 Å². The Morgan fingerprint density at radius 2 is 1.91 bits per heavy atom. The quantitative estimate of drug-likeness (QED) is 0.559. The lowest BCUT2D eigenvalue weighted by Crippen LogP contribution is -2.26. The molecule has 0 radical (unpaired) electrons. The molecule has 22 heavy (non-hydrogen) atoms. The van der Waals surface area contributed by atoms with Crippen molar-refractivity contribution in [2.24, 2.45) is 0 Å². The minimum atomic E-state index is -1.54. The van der Waals surface area contributed by atoms with Gasteiger partial charge in [0.1, 0.15) is 5.76 Å². The minimum absolute atomic E-state index is 0.354. The molecule has 2 aliphatic rings. The van der Waals surface area contributed by atoms with Gasteiger partial charge in [0, 0.05) is 5.57 Å². The van der Waals surface area contributed by atoms with Crippen LogP contribution in [0.3, 0.4) is 0 Å². The van der Waals surface area contributed by atoms with Gasteiger partial charge in [-0.3, -0.25) is 0 Å². The molecule has 0 N–H and O–H groups in total. The fourth-order valence-corrected chi connectivity index (χ4v) is 3.47. The lowest BCUT2D eigenvalue weighted by Gasteiger charge is -2.19. The van der Waals surface area contributed by atoms with E-state index in [4.69, 9.17) is 9.16 Å². The summed E-state index contributed by atoms with van der Waals surface area (Å²) < 4.78 is 11.8. The van der Waals surface area contributed by atoms with E-state index in [1.165, 1.54) is 27.8 Å². The standard InChI is InChI=1S/C19H24O2Si/c1-14-12-15-8-5-6-9-16(15)19(14)17-10-7-11-18(17)20-13-21-22(2,3)4/h5-9,11H,10,12-13H2,1-4H3. The molecule has 0 saturated carbocycles. The highest BCUT2D eigenvalue weighted by Crippen LogP contribution is 2.41. The molecule has 0 heterocycles. The van der Waals surface area contributed by atoms with E-state index in [9.17, 15) is 0 Å². The predicted molar refractivity (Wildman–Crippen MR) is 93.9 cm³/mol. The van der Waals surface area contributed by atoms with Crippen molar-refractivity contribution in [2.75, 3.05) is 6.79 Å². The summed E-state index contributed by atoms with van der Waals surface area (Å²) in [6, 6.07) is 8.69. The highest BCUT2D eigenvalue weighted by molar-refractivity contribution is 6.69. The molecule has 116 valence electrons. The van der Waals surface area contributed by atoms with Crippen molar-refractivity contribution in [1.82, 2.24) is 0 Å². The van der Waals surface area contributed by atoms with Gasteiger partial charge in [0.25, 0.3) is 0 Å². The van der Waals surface area contributed by atoms with E-state index in [0.717, 1.165) is 18.6 Å². The van der Waals surface area contributed by atoms with Crippen LogP contribution in [-0.2, 0) is 15.6 Å². The Bertz CT molecular complexity index is 675. The SMILES string of the molecule is CC1=C(C2=C(OCO[Si](C)(C)C)C=CC2)c2ccccc2C1. The third kappa shape index (κ3) is 3.11. The van der Waals surface area contributed by atoms with Gasteiger partial charge < -0.3 is 9.16 Å². The monoisotopic (exact) mass is 312 g/mol. The van der Waals surface area contributed by atoms with Crippen LogP contribution in [0.2, 0.25) is 19.6 Å². The van der Waals surface area contributed by atoms with Crippen LogP contribution in [0, 0.1) is 0 Å². The summed E-state index contributed by atoms with van der Waals surface area (Å²) in [6.45, 7) is 9.12. The van der Waals surface area contributed by atoms with Gasteiger partial charge in [0.05, 0.1) is 0 Å². The number of benzene rings is 1. The topological polar surface area (TPSA) is 18.5 Å². The largest absolute Gasteiger partial charge is 0.468 e. The van der Waals surface area contributed by atoms with Crippen LogP contribution >= 0.6 is 0 Å². The van der Waals surface area contributed by atoms with E-state index in [-0.39, 0.29) is 0 Å². The number of hydrogen-bond donors (Lipinski definition) is 0. The summed E-state index contributed by atoms with van der Waals surface area (Å²) >= 11 is 0. The predicted octanol–water partition coefficient (Wildman–Crippen LogP) is 5.06. The maximum absolute atomic E-state index is 5.94. The van der Waals surface area contributed by atoms with E-state index in [1.54, 1.807) is 0 Å². The lowest BCUT2D eigenvalue weighted by molar-refractivity contribution is 0.0612. The fourth-order valence-electron chi connectivity index (χ4n) is 3.06. The van der Waals surface area contributed by atoms with Gasteiger partial charge in [-0.25, -0.2) is 0 Å². The average molecular weight is 312 g/mol. The van der Waals surface area contributed by atoms with Crippen LogP contribution in [-0.4, -0.2) is 15.1 Å². The summed E-state index contributed by atoms with van der Waals surface area (Å²) in [7, 11) is -1.54. The summed E-state index contributed by atoms with van der Waals surface area (Å²) in [5.74, 6) is 0.976. The number of ether oxygens (including phenoxy) is 1. The molecule has 0 atom stereocenters. The van der Waals surface area contributed by atoms with Crippen LogP contribution in [0.5, 0.6) is 0 Å². The van der Waals surface area contributed by atoms with Gasteiger partial charge in [0.15, 0.2) is 15.1 Å². The zero-order valence-corrected chi connectivity index (χ0v) is 14.9. The molecule has 0 bridgehead atoms. The molecule has 0 unspecified atom stereocenters. The highest BCUT2D eigenvalue weighted by Gasteiger charge is 2.25. The first-order chi connectivity index (χ1) is 10.5. The first-order valence-electron chi connectivity index (χ1n) is 7.90. The van der Waals surface area contributed by atoms with Crippen molar-refractivity contribution in [1.29, 1.82) is 0 Å². The molecule has 0 aliphatic heterocycles. The van der Waals surface area contributed by atoms with E-state index in [1.807, 2.05) is 0 Å². The van der Waals surface area contributed by atoms with Crippen LogP contribution in [0.15, 0.2) is 53.3 Å². The molecular weight excluding hydrogens is 288 g/mol. The zero-order valence-electron chi connectivity index (χ0n) is 13.9. The second-order valence-corrected chi connectivity index (χ2v) is 11.5. The van der Waals surface area contributed by atoms with Crippen molar-refractivity contribution in [3.8, 4) is 0 Å². The molecule has 0 fully saturated rings. The Hall–Kier alpha value is -1.58. The smallest absolute Gasteiger partial charge is 0.188 e. The second kappa shape index (κ2) is 5.90. The lowest BCUT2D eigenvalue weighted by atomic mass is 9.96. The van der Waals surface area contributed by atoms with Gasteiger partial charge in [0.2, 0.25) is 0 Å². The van der Waals surface area contributed by atoms with Crippen LogP contribution < -0.4 is 0 Å². The average Bonchev–Trinajstić information content (AvgIpc) is 3.00. The summed E-state index contributed by atoms with van der Waals surface area (Å²) in [6.07, 6.45) is 6.27. The molecule has 0 amide bonds. The normalized spacial score (nSPS) is 17.5. The Labute approximate surface area is 134 Å². The summed E-state index contributed by atoms with van der Waals surface area (Å²) in [5.41, 5.74) is 6.91. The van der Waals surface area contributed by atoms with Crippen LogP contribution in [0.25, 0.3) is 5.57 Å². The number of hydrogen-bond acceptors (Lipinski definition) is 2. The maximum atomic E-state index is 5.94. The van der Waals surface area contributed by atoms with Gasteiger partial charge in [-0.2, -0.15) is 0 Å². The van der Waals surface area contributed by atoms with E-state index in [2.05, 4.69) is 63.0 Å². The molecule has 1 aromatic carbocycles. The van der Waals surface area contributed by atoms with Crippen molar-refractivity contribution < 1.29 is 9.16 Å². The Kier molecular flexibility index (Phi) is 4.11. The minimum Gasteiger partial charge on any atom is -0.468 e. The molecule has 2 nitrogen and oxygen atoms in total. The zero-order chi connectivity index (χ0) is 15.7. The molecular formula is C19H24O2Si. The Morgan fingerprint density at radius 3 is 2.68 bits per heavy atom. The second-order valence-electron chi connectivity index (χ2n) is 6.96. The fraction of sp³-hybridized carbons (Fsp3) is 0.368. The van der Waals surface area contributed by atoms with Crippen molar-refractivity contribution in [3.63, 3.8) is 0 Å². The molecule has 1 aromatic rings. The van der Waals surface area contributed by atoms with Gasteiger partial charge in [-0.05, 0) is 62.2 Å².